The van der Waals surface area contributed by atoms with Crippen LogP contribution in [0.5, 0.6) is 0 Å². The topological polar surface area (TPSA) is 9.23 Å². The molecule has 262 valence electrons. The zero-order valence-corrected chi connectivity index (χ0v) is 31.4. The molecular formula is C43H80NO+. The van der Waals surface area contributed by atoms with Gasteiger partial charge in [-0.1, -0.05) is 146 Å². The van der Waals surface area contributed by atoms with E-state index in [-0.39, 0.29) is 0 Å². The Kier molecular flexibility index (Phi) is 34.5. The summed E-state index contributed by atoms with van der Waals surface area (Å²) in [4.78, 5) is 0. The van der Waals surface area contributed by atoms with Gasteiger partial charge in [-0.3, -0.25) is 0 Å². The van der Waals surface area contributed by atoms with Crippen LogP contribution in [-0.2, 0) is 4.74 Å². The lowest BCUT2D eigenvalue weighted by atomic mass is 10.0. The molecule has 0 fully saturated rings. The maximum absolute atomic E-state index is 6.45. The summed E-state index contributed by atoms with van der Waals surface area (Å²) >= 11 is 0. The van der Waals surface area contributed by atoms with Crippen LogP contribution in [0.3, 0.4) is 0 Å². The molecule has 0 aromatic rings. The second-order valence-electron chi connectivity index (χ2n) is 14.4. The van der Waals surface area contributed by atoms with Crippen molar-refractivity contribution in [3.8, 4) is 11.8 Å². The number of nitrogens with zero attached hydrogens (tertiary/aromatic N) is 1. The van der Waals surface area contributed by atoms with Crippen molar-refractivity contribution in [3.05, 3.63) is 36.5 Å². The number of ether oxygens (including phenoxy) is 1. The molecule has 0 aromatic heterocycles. The summed E-state index contributed by atoms with van der Waals surface area (Å²) in [5.41, 5.74) is 0. The molecule has 0 aliphatic heterocycles. The predicted octanol–water partition coefficient (Wildman–Crippen LogP) is 13.3. The van der Waals surface area contributed by atoms with E-state index >= 15 is 0 Å². The van der Waals surface area contributed by atoms with E-state index in [9.17, 15) is 0 Å². The molecule has 0 amide bonds. The molecule has 0 saturated carbocycles. The Balaban J connectivity index is 3.92. The van der Waals surface area contributed by atoms with Crippen molar-refractivity contribution in [3.63, 3.8) is 0 Å². The first-order valence-electron chi connectivity index (χ1n) is 19.8. The Morgan fingerprint density at radius 3 is 1.56 bits per heavy atom. The van der Waals surface area contributed by atoms with Crippen LogP contribution in [0, 0.1) is 11.8 Å². The van der Waals surface area contributed by atoms with Crippen molar-refractivity contribution < 1.29 is 9.22 Å². The predicted molar refractivity (Wildman–Crippen MR) is 204 cm³/mol. The molecule has 0 rings (SSSR count). The zero-order valence-electron chi connectivity index (χ0n) is 31.4. The average Bonchev–Trinajstić information content (AvgIpc) is 3.01. The maximum Gasteiger partial charge on any atom is 0.0802 e. The van der Waals surface area contributed by atoms with Gasteiger partial charge in [0.25, 0.3) is 0 Å². The highest BCUT2D eigenvalue weighted by Gasteiger charge is 2.11. The number of hydrogen-bond acceptors (Lipinski definition) is 1. The van der Waals surface area contributed by atoms with E-state index < -0.39 is 0 Å². The van der Waals surface area contributed by atoms with Crippen molar-refractivity contribution in [1.82, 2.24) is 0 Å². The molecule has 45 heavy (non-hydrogen) atoms. The van der Waals surface area contributed by atoms with E-state index in [0.29, 0.717) is 6.10 Å². The van der Waals surface area contributed by atoms with E-state index in [1.54, 1.807) is 0 Å². The highest BCUT2D eigenvalue weighted by Crippen LogP contribution is 2.18. The Hall–Kier alpha value is -1.30. The molecule has 1 atom stereocenters. The summed E-state index contributed by atoms with van der Waals surface area (Å²) < 4.78 is 7.48. The van der Waals surface area contributed by atoms with Crippen LogP contribution in [-0.4, -0.2) is 44.9 Å². The van der Waals surface area contributed by atoms with Gasteiger partial charge in [0, 0.05) is 19.3 Å². The summed E-state index contributed by atoms with van der Waals surface area (Å²) in [7, 11) is 6.84. The fourth-order valence-corrected chi connectivity index (χ4v) is 5.69. The Morgan fingerprint density at radius 1 is 0.511 bits per heavy atom. The fourth-order valence-electron chi connectivity index (χ4n) is 5.69. The van der Waals surface area contributed by atoms with E-state index in [4.69, 9.17) is 4.74 Å². The van der Waals surface area contributed by atoms with Crippen molar-refractivity contribution in [2.24, 2.45) is 0 Å². The van der Waals surface area contributed by atoms with Crippen LogP contribution < -0.4 is 0 Å². The molecule has 2 heteroatoms. The first kappa shape index (κ1) is 43.7. The van der Waals surface area contributed by atoms with Gasteiger partial charge in [-0.2, -0.15) is 0 Å². The van der Waals surface area contributed by atoms with Gasteiger partial charge in [0.15, 0.2) is 0 Å². The van der Waals surface area contributed by atoms with Gasteiger partial charge in [-0.15, -0.1) is 5.92 Å². The van der Waals surface area contributed by atoms with Gasteiger partial charge >= 0.3 is 0 Å². The molecule has 0 radical (unpaired) electrons. The van der Waals surface area contributed by atoms with Crippen LogP contribution >= 0.6 is 0 Å². The van der Waals surface area contributed by atoms with Crippen molar-refractivity contribution >= 4 is 0 Å². The van der Waals surface area contributed by atoms with Crippen LogP contribution in [0.2, 0.25) is 0 Å². The maximum atomic E-state index is 6.45. The lowest BCUT2D eigenvalue weighted by Crippen LogP contribution is -2.36. The molecular weight excluding hydrogens is 546 g/mol. The van der Waals surface area contributed by atoms with Gasteiger partial charge in [-0.05, 0) is 64.2 Å². The number of quaternary nitrogens is 1. The molecule has 0 aliphatic carbocycles. The molecule has 0 heterocycles. The second kappa shape index (κ2) is 35.6. The third kappa shape index (κ3) is 38.8. The normalized spacial score (nSPS) is 12.9. The number of rotatable bonds is 33. The first-order chi connectivity index (χ1) is 22.0. The Labute approximate surface area is 284 Å². The standard InChI is InChI=1S/C43H80NO/c1-6-8-10-12-14-16-18-20-22-24-26-28-30-32-34-36-39-43(45-42-38-41-44(3,4)5)40-37-35-33-31-29-27-25-23-21-19-17-15-13-11-9-7-2/h14,16,20-23,43H,6-13,18-19,24-42H2,1-5H3/q+1. The Morgan fingerprint density at radius 2 is 1.00 bits per heavy atom. The van der Waals surface area contributed by atoms with Crippen LogP contribution in [0.15, 0.2) is 36.5 Å². The minimum absolute atomic E-state index is 0.475. The largest absolute Gasteiger partial charge is 0.378 e. The van der Waals surface area contributed by atoms with Crippen molar-refractivity contribution in [2.45, 2.75) is 193 Å². The zero-order chi connectivity index (χ0) is 32.9. The van der Waals surface area contributed by atoms with E-state index in [0.717, 1.165) is 30.4 Å². The highest BCUT2D eigenvalue weighted by atomic mass is 16.5. The van der Waals surface area contributed by atoms with Gasteiger partial charge < -0.3 is 9.22 Å². The van der Waals surface area contributed by atoms with Crippen molar-refractivity contribution in [1.29, 1.82) is 0 Å². The molecule has 0 spiro atoms. The van der Waals surface area contributed by atoms with Crippen molar-refractivity contribution in [2.75, 3.05) is 34.3 Å². The van der Waals surface area contributed by atoms with Crippen LogP contribution in [0.25, 0.3) is 0 Å². The lowest BCUT2D eigenvalue weighted by Gasteiger charge is -2.24. The van der Waals surface area contributed by atoms with E-state index in [1.807, 2.05) is 0 Å². The lowest BCUT2D eigenvalue weighted by molar-refractivity contribution is -0.870. The fraction of sp³-hybridized carbons (Fsp3) is 0.814. The van der Waals surface area contributed by atoms with Gasteiger partial charge in [0.05, 0.1) is 40.4 Å². The summed E-state index contributed by atoms with van der Waals surface area (Å²) in [6, 6.07) is 0. The van der Waals surface area contributed by atoms with E-state index in [2.05, 4.69) is 83.3 Å². The molecule has 0 saturated heterocycles. The summed E-state index contributed by atoms with van der Waals surface area (Å²) in [6.45, 7) is 6.64. The van der Waals surface area contributed by atoms with Gasteiger partial charge in [-0.25, -0.2) is 0 Å². The minimum atomic E-state index is 0.475. The smallest absolute Gasteiger partial charge is 0.0802 e. The minimum Gasteiger partial charge on any atom is -0.378 e. The molecule has 0 bridgehead atoms. The number of allylic oxidation sites excluding steroid dienone is 6. The summed E-state index contributed by atoms with van der Waals surface area (Å²) in [6.07, 6.45) is 49.3. The quantitative estimate of drug-likeness (QED) is 0.0305. The summed E-state index contributed by atoms with van der Waals surface area (Å²) in [5, 5.41) is 0. The molecule has 1 unspecified atom stereocenters. The van der Waals surface area contributed by atoms with Crippen LogP contribution in [0.4, 0.5) is 0 Å². The number of unbranched alkanes of at least 4 members (excludes halogenated alkanes) is 18. The third-order valence-electron chi connectivity index (χ3n) is 8.62. The SMILES string of the molecule is CCCCCC#CCC=CCCCCCCCCC(CCCCCCCCC=CCC=CCCCCC)OCCC[N+](C)(C)C. The van der Waals surface area contributed by atoms with Gasteiger partial charge in [0.2, 0.25) is 0 Å². The monoisotopic (exact) mass is 627 g/mol. The van der Waals surface area contributed by atoms with Gasteiger partial charge in [0.1, 0.15) is 0 Å². The Bertz CT molecular complexity index is 731. The third-order valence-corrected chi connectivity index (χ3v) is 8.62. The molecule has 0 aromatic carbocycles. The molecule has 0 aliphatic rings. The number of hydrogen-bond donors (Lipinski definition) is 0. The first-order valence-corrected chi connectivity index (χ1v) is 19.8. The van der Waals surface area contributed by atoms with Crippen LogP contribution in [0.1, 0.15) is 187 Å². The average molecular weight is 627 g/mol. The molecule has 0 N–H and O–H groups in total. The second-order valence-corrected chi connectivity index (χ2v) is 14.4. The highest BCUT2D eigenvalue weighted by molar-refractivity contribution is 5.04. The van der Waals surface area contributed by atoms with E-state index in [1.165, 1.54) is 161 Å². The summed E-state index contributed by atoms with van der Waals surface area (Å²) in [5.74, 6) is 6.59. The molecule has 2 nitrogen and oxygen atoms in total.